The van der Waals surface area contributed by atoms with Crippen molar-refractivity contribution in [2.45, 2.75) is 109 Å². The van der Waals surface area contributed by atoms with Gasteiger partial charge in [-0.1, -0.05) is 36.7 Å². The van der Waals surface area contributed by atoms with Gasteiger partial charge in [0, 0.05) is 23.6 Å². The summed E-state index contributed by atoms with van der Waals surface area (Å²) in [6.07, 6.45) is 5.38. The van der Waals surface area contributed by atoms with Crippen molar-refractivity contribution in [1.29, 1.82) is 0 Å². The number of rotatable bonds is 6. The Morgan fingerprint density at radius 3 is 2.46 bits per heavy atom. The second kappa shape index (κ2) is 10.2. The van der Waals surface area contributed by atoms with Gasteiger partial charge in [-0.3, -0.25) is 9.59 Å². The molecule has 2 N–H and O–H groups in total. The van der Waals surface area contributed by atoms with E-state index in [0.717, 1.165) is 38.5 Å². The van der Waals surface area contributed by atoms with Crippen LogP contribution in [0.15, 0.2) is 0 Å². The molecule has 0 aliphatic heterocycles. The van der Waals surface area contributed by atoms with Gasteiger partial charge >= 0.3 is 11.9 Å². The van der Waals surface area contributed by atoms with Crippen LogP contribution in [0.4, 0.5) is 0 Å². The van der Waals surface area contributed by atoms with Gasteiger partial charge in [-0.2, -0.15) is 0 Å². The summed E-state index contributed by atoms with van der Waals surface area (Å²) >= 11 is 3.89. The van der Waals surface area contributed by atoms with Gasteiger partial charge < -0.3 is 19.7 Å². The van der Waals surface area contributed by atoms with E-state index in [2.05, 4.69) is 36.7 Å². The van der Waals surface area contributed by atoms with Crippen LogP contribution in [0.3, 0.4) is 0 Å². The number of aliphatic hydroxyl groups excluding tert-OH is 2. The fourth-order valence-electron chi connectivity index (χ4n) is 9.25. The monoisotopic (exact) mass is 556 g/mol. The molecule has 0 spiro atoms. The molecule has 4 saturated carbocycles. The second-order valence-corrected chi connectivity index (χ2v) is 13.5. The Kier molecular flexibility index (Phi) is 8.01. The molecule has 0 amide bonds. The highest BCUT2D eigenvalue weighted by molar-refractivity contribution is 9.09. The van der Waals surface area contributed by atoms with Crippen LogP contribution >= 0.6 is 15.9 Å². The van der Waals surface area contributed by atoms with Crippen molar-refractivity contribution < 1.29 is 29.3 Å². The fraction of sp³-hybridized carbons (Fsp3) is 0.929. The maximum Gasteiger partial charge on any atom is 0.305 e. The summed E-state index contributed by atoms with van der Waals surface area (Å²) < 4.78 is 11.3. The lowest BCUT2D eigenvalue weighted by molar-refractivity contribution is -0.214. The lowest BCUT2D eigenvalue weighted by atomic mass is 9.43. The predicted molar refractivity (Wildman–Crippen MR) is 137 cm³/mol. The van der Waals surface area contributed by atoms with Crippen LogP contribution in [0.25, 0.3) is 0 Å². The number of ether oxygens (including phenoxy) is 2. The molecule has 0 aromatic carbocycles. The summed E-state index contributed by atoms with van der Waals surface area (Å²) in [4.78, 5) is 24.3. The van der Waals surface area contributed by atoms with Crippen molar-refractivity contribution in [2.75, 3.05) is 6.61 Å². The van der Waals surface area contributed by atoms with E-state index in [4.69, 9.17) is 9.47 Å². The number of carbonyl (C=O) groups excluding carboxylic acids is 2. The van der Waals surface area contributed by atoms with Crippen LogP contribution in [0.2, 0.25) is 0 Å². The summed E-state index contributed by atoms with van der Waals surface area (Å²) in [6, 6.07) is 0. The minimum absolute atomic E-state index is 0.00929. The minimum Gasteiger partial charge on any atom is -0.466 e. The van der Waals surface area contributed by atoms with E-state index in [9.17, 15) is 19.8 Å². The van der Waals surface area contributed by atoms with Gasteiger partial charge in [-0.15, -0.1) is 0 Å². The van der Waals surface area contributed by atoms with E-state index in [1.54, 1.807) is 0 Å². The Morgan fingerprint density at radius 1 is 1.09 bits per heavy atom. The Bertz CT molecular complexity index is 804. The van der Waals surface area contributed by atoms with E-state index < -0.39 is 6.10 Å². The number of alkyl halides is 1. The van der Waals surface area contributed by atoms with Crippen LogP contribution in [-0.2, 0) is 19.1 Å². The van der Waals surface area contributed by atoms with Gasteiger partial charge in [0.05, 0.1) is 18.8 Å². The summed E-state index contributed by atoms with van der Waals surface area (Å²) in [6.45, 7) is 10.6. The second-order valence-electron chi connectivity index (χ2n) is 12.5. The van der Waals surface area contributed by atoms with Crippen LogP contribution < -0.4 is 0 Å². The molecular weight excluding hydrogens is 512 g/mol. The molecule has 4 aliphatic carbocycles. The van der Waals surface area contributed by atoms with Gasteiger partial charge in [0.25, 0.3) is 0 Å². The van der Waals surface area contributed by atoms with Crippen molar-refractivity contribution in [3.63, 3.8) is 0 Å². The Hall–Kier alpha value is -0.660. The van der Waals surface area contributed by atoms with E-state index in [1.807, 2.05) is 6.92 Å². The summed E-state index contributed by atoms with van der Waals surface area (Å²) in [7, 11) is 0. The van der Waals surface area contributed by atoms with Crippen LogP contribution in [0, 0.1) is 46.3 Å². The summed E-state index contributed by atoms with van der Waals surface area (Å²) in [5, 5.41) is 22.1. The van der Waals surface area contributed by atoms with Crippen molar-refractivity contribution in [3.05, 3.63) is 0 Å². The van der Waals surface area contributed by atoms with E-state index in [0.29, 0.717) is 25.4 Å². The number of hydrogen-bond donors (Lipinski definition) is 2. The molecule has 4 rings (SSSR count). The largest absolute Gasteiger partial charge is 0.466 e. The highest BCUT2D eigenvalue weighted by atomic mass is 79.9. The normalized spacial score (nSPS) is 47.7. The van der Waals surface area contributed by atoms with E-state index in [1.165, 1.54) is 6.92 Å². The Morgan fingerprint density at radius 2 is 1.80 bits per heavy atom. The van der Waals surface area contributed by atoms with Crippen LogP contribution in [-0.4, -0.2) is 51.9 Å². The molecule has 0 radical (unpaired) electrons. The predicted octanol–water partition coefficient (Wildman–Crippen LogP) is 4.87. The van der Waals surface area contributed by atoms with Gasteiger partial charge in [0.2, 0.25) is 0 Å². The lowest BCUT2D eigenvalue weighted by Gasteiger charge is -2.65. The topological polar surface area (TPSA) is 93.1 Å². The maximum atomic E-state index is 12.3. The molecule has 6 nitrogen and oxygen atoms in total. The van der Waals surface area contributed by atoms with Crippen LogP contribution in [0.5, 0.6) is 0 Å². The molecule has 7 heteroatoms. The van der Waals surface area contributed by atoms with E-state index >= 15 is 0 Å². The number of carbonyl (C=O) groups is 2. The molecule has 0 saturated heterocycles. The highest BCUT2D eigenvalue weighted by Crippen LogP contribution is 2.69. The quantitative estimate of drug-likeness (QED) is 0.358. The molecule has 0 heterocycles. The average Bonchev–Trinajstić information content (AvgIpc) is 3.15. The molecule has 200 valence electrons. The van der Waals surface area contributed by atoms with Crippen molar-refractivity contribution in [1.82, 2.24) is 0 Å². The third kappa shape index (κ3) is 4.60. The first-order valence-corrected chi connectivity index (χ1v) is 14.7. The standard InChI is InChI=1S/C28H45BrO6/c1-6-34-23(32)10-7-15(2)18-8-9-19-24-20(14-22(28(18,19)5)35-16(3)30)27(4)12-11-17(31)13-21(27)25(29)26(24)33/h15,17-22,24-26,31,33H,6-14H2,1-5H3/t15-,17+,18+,19?,20?,21-,22-,24?,25+,26?,27+,28+/m0/s1. The Labute approximate surface area is 219 Å². The first-order chi connectivity index (χ1) is 16.4. The fourth-order valence-corrected chi connectivity index (χ4v) is 10.4. The first kappa shape index (κ1) is 27.4. The number of esters is 2. The number of hydrogen-bond acceptors (Lipinski definition) is 6. The molecular formula is C28H45BrO6. The van der Waals surface area contributed by atoms with Crippen molar-refractivity contribution >= 4 is 27.9 Å². The zero-order valence-electron chi connectivity index (χ0n) is 22.0. The smallest absolute Gasteiger partial charge is 0.305 e. The molecule has 35 heavy (non-hydrogen) atoms. The number of fused-ring (bicyclic) bond motifs is 5. The van der Waals surface area contributed by atoms with Crippen molar-refractivity contribution in [3.8, 4) is 0 Å². The molecule has 0 aromatic heterocycles. The lowest BCUT2D eigenvalue weighted by Crippen LogP contribution is -2.66. The van der Waals surface area contributed by atoms with Crippen molar-refractivity contribution in [2.24, 2.45) is 46.3 Å². The summed E-state index contributed by atoms with van der Waals surface area (Å²) in [5.74, 6) is 1.04. The number of halogens is 1. The zero-order valence-corrected chi connectivity index (χ0v) is 23.6. The van der Waals surface area contributed by atoms with E-state index in [-0.39, 0.29) is 69.4 Å². The first-order valence-electron chi connectivity index (χ1n) is 13.8. The minimum atomic E-state index is -0.487. The Balaban J connectivity index is 1.66. The van der Waals surface area contributed by atoms with Gasteiger partial charge in [0.15, 0.2) is 0 Å². The van der Waals surface area contributed by atoms with Gasteiger partial charge in [0.1, 0.15) is 6.10 Å². The third-order valence-electron chi connectivity index (χ3n) is 10.9. The SMILES string of the molecule is CCOC(=O)CC[C@H](C)[C@H]1CCC2C3C(O)[C@H](Br)[C@@H]4C[C@H](O)CC[C@]4(C)C3C[C@H](OC(C)=O)[C@@]21C. The highest BCUT2D eigenvalue weighted by Gasteiger charge is 2.68. The maximum absolute atomic E-state index is 12.3. The molecule has 0 aromatic rings. The number of aliphatic hydroxyl groups is 2. The van der Waals surface area contributed by atoms with Crippen LogP contribution in [0.1, 0.15) is 86.0 Å². The molecule has 4 unspecified atom stereocenters. The molecule has 4 fully saturated rings. The molecule has 4 aliphatic rings. The molecule has 12 atom stereocenters. The molecule has 0 bridgehead atoms. The third-order valence-corrected chi connectivity index (χ3v) is 12.1. The zero-order chi connectivity index (χ0) is 25.7. The average molecular weight is 558 g/mol. The summed E-state index contributed by atoms with van der Waals surface area (Å²) in [5.41, 5.74) is -0.253. The van der Waals surface area contributed by atoms with Gasteiger partial charge in [-0.05, 0) is 92.8 Å². The van der Waals surface area contributed by atoms with Gasteiger partial charge in [-0.25, -0.2) is 0 Å².